The van der Waals surface area contributed by atoms with Crippen LogP contribution in [-0.4, -0.2) is 42.8 Å². The lowest BCUT2D eigenvalue weighted by atomic mass is 9.49. The third-order valence-corrected chi connectivity index (χ3v) is 7.98. The lowest BCUT2D eigenvalue weighted by Crippen LogP contribution is -2.47. The smallest absolute Gasteiger partial charge is 0.335 e. The average molecular weight is 426 g/mol. The van der Waals surface area contributed by atoms with Crippen LogP contribution in [0.2, 0.25) is 0 Å². The van der Waals surface area contributed by atoms with Crippen LogP contribution in [0.4, 0.5) is 5.69 Å². The number of carboxylic acids is 1. The molecule has 6 rings (SSSR count). The van der Waals surface area contributed by atoms with E-state index in [2.05, 4.69) is 10.6 Å². The molecule has 5 fully saturated rings. The number of nitrogens with one attached hydrogen (secondary N) is 2. The van der Waals surface area contributed by atoms with Crippen LogP contribution in [0.1, 0.15) is 68.1 Å². The first-order valence-corrected chi connectivity index (χ1v) is 12.1. The Morgan fingerprint density at radius 1 is 1.10 bits per heavy atom. The van der Waals surface area contributed by atoms with E-state index in [9.17, 15) is 4.79 Å². The highest BCUT2D eigenvalue weighted by Crippen LogP contribution is 2.61. The highest BCUT2D eigenvalue weighted by molar-refractivity contribution is 5.94. The Kier molecular flexibility index (Phi) is 5.91. The maximum Gasteiger partial charge on any atom is 0.335 e. The second-order valence-corrected chi connectivity index (χ2v) is 10.4. The van der Waals surface area contributed by atoms with Gasteiger partial charge in [-0.3, -0.25) is 4.99 Å². The van der Waals surface area contributed by atoms with E-state index in [0.29, 0.717) is 12.0 Å². The Bertz CT molecular complexity index is 779. The fourth-order valence-electron chi connectivity index (χ4n) is 7.00. The minimum absolute atomic E-state index is 0.205. The van der Waals surface area contributed by atoms with Gasteiger partial charge in [0.15, 0.2) is 5.96 Å². The van der Waals surface area contributed by atoms with Crippen LogP contribution in [0.3, 0.4) is 0 Å². The quantitative estimate of drug-likeness (QED) is 0.442. The molecule has 1 unspecified atom stereocenters. The monoisotopic (exact) mass is 425 g/mol. The Labute approximate surface area is 184 Å². The molecule has 31 heavy (non-hydrogen) atoms. The van der Waals surface area contributed by atoms with Gasteiger partial charge in [0.25, 0.3) is 0 Å². The normalized spacial score (nSPS) is 34.1. The molecule has 168 valence electrons. The van der Waals surface area contributed by atoms with Crippen LogP contribution in [0.25, 0.3) is 0 Å². The zero-order valence-electron chi connectivity index (χ0n) is 18.3. The van der Waals surface area contributed by atoms with Gasteiger partial charge in [-0.1, -0.05) is 0 Å². The first-order valence-electron chi connectivity index (χ1n) is 12.1. The zero-order chi connectivity index (χ0) is 21.3. The van der Waals surface area contributed by atoms with Crippen LogP contribution >= 0.6 is 0 Å². The molecule has 6 heteroatoms. The van der Waals surface area contributed by atoms with Crippen molar-refractivity contribution < 1.29 is 14.6 Å². The molecule has 3 N–H and O–H groups in total. The lowest BCUT2D eigenvalue weighted by molar-refractivity contribution is -0.0562. The van der Waals surface area contributed by atoms with E-state index >= 15 is 0 Å². The molecule has 1 aromatic rings. The third kappa shape index (κ3) is 4.89. The molecule has 0 amide bonds. The highest BCUT2D eigenvalue weighted by Gasteiger charge is 2.50. The molecular weight excluding hydrogens is 390 g/mol. The van der Waals surface area contributed by atoms with Crippen molar-refractivity contribution in [2.45, 2.75) is 63.9 Å². The summed E-state index contributed by atoms with van der Waals surface area (Å²) in [7, 11) is 0. The lowest BCUT2D eigenvalue weighted by Gasteiger charge is -2.57. The van der Waals surface area contributed by atoms with Crippen molar-refractivity contribution in [2.24, 2.45) is 28.2 Å². The number of hydrogen-bond donors (Lipinski definition) is 3. The fourth-order valence-corrected chi connectivity index (χ4v) is 7.00. The Balaban J connectivity index is 1.21. The molecule has 4 bridgehead atoms. The molecule has 1 aliphatic heterocycles. The van der Waals surface area contributed by atoms with Crippen LogP contribution < -0.4 is 10.6 Å². The van der Waals surface area contributed by atoms with Gasteiger partial charge in [-0.05, 0) is 105 Å². The molecule has 1 atom stereocenters. The molecule has 1 aromatic carbocycles. The van der Waals surface area contributed by atoms with Gasteiger partial charge in [0.05, 0.1) is 18.2 Å². The van der Waals surface area contributed by atoms with Crippen LogP contribution in [0.5, 0.6) is 0 Å². The molecule has 4 saturated carbocycles. The predicted octanol–water partition coefficient (Wildman–Crippen LogP) is 4.53. The van der Waals surface area contributed by atoms with E-state index in [4.69, 9.17) is 14.8 Å². The minimum atomic E-state index is -0.910. The SMILES string of the molecule is O=C(O)c1ccc(NC(=NCC2CCCO2)NCCC23CC4CC(CC(C4)C2)C3)cc1. The van der Waals surface area contributed by atoms with Crippen LogP contribution in [0.15, 0.2) is 29.3 Å². The Morgan fingerprint density at radius 3 is 2.35 bits per heavy atom. The minimum Gasteiger partial charge on any atom is -0.478 e. The standard InChI is InChI=1S/C25H35N3O3/c29-23(30)20-3-5-21(6-4-20)28-24(27-16-22-2-1-9-31-22)26-8-7-25-13-17-10-18(14-25)12-19(11-17)15-25/h3-6,17-19,22H,1-2,7-16H2,(H,29,30)(H2,26,27,28). The summed E-state index contributed by atoms with van der Waals surface area (Å²) >= 11 is 0. The number of aromatic carboxylic acids is 1. The fraction of sp³-hybridized carbons (Fsp3) is 0.680. The van der Waals surface area contributed by atoms with E-state index in [0.717, 1.165) is 55.4 Å². The van der Waals surface area contributed by atoms with E-state index in [1.807, 2.05) is 0 Å². The number of benzene rings is 1. The summed E-state index contributed by atoms with van der Waals surface area (Å²) in [5.74, 6) is 2.79. The van der Waals surface area contributed by atoms with Gasteiger partial charge in [0.2, 0.25) is 0 Å². The maximum atomic E-state index is 11.1. The molecule has 1 saturated heterocycles. The largest absolute Gasteiger partial charge is 0.478 e. The number of hydrogen-bond acceptors (Lipinski definition) is 3. The van der Waals surface area contributed by atoms with Crippen molar-refractivity contribution in [1.82, 2.24) is 5.32 Å². The predicted molar refractivity (Wildman–Crippen MR) is 122 cm³/mol. The van der Waals surface area contributed by atoms with Gasteiger partial charge in [-0.25, -0.2) is 4.79 Å². The number of anilines is 1. The number of guanidine groups is 1. The molecule has 6 nitrogen and oxygen atoms in total. The second kappa shape index (κ2) is 8.81. The van der Waals surface area contributed by atoms with Crippen molar-refractivity contribution in [3.05, 3.63) is 29.8 Å². The summed E-state index contributed by atoms with van der Waals surface area (Å²) in [5, 5.41) is 16.1. The van der Waals surface area contributed by atoms with Gasteiger partial charge in [-0.15, -0.1) is 0 Å². The summed E-state index contributed by atoms with van der Waals surface area (Å²) in [5.41, 5.74) is 1.68. The van der Waals surface area contributed by atoms with Crippen molar-refractivity contribution >= 4 is 17.6 Å². The summed E-state index contributed by atoms with van der Waals surface area (Å²) in [6.07, 6.45) is 12.3. The molecule has 0 spiro atoms. The number of carboxylic acid groups (broad SMARTS) is 1. The molecule has 5 aliphatic rings. The number of carbonyl (C=O) groups is 1. The summed E-state index contributed by atoms with van der Waals surface area (Å²) in [6, 6.07) is 6.84. The molecule has 4 aliphatic carbocycles. The van der Waals surface area contributed by atoms with Gasteiger partial charge in [-0.2, -0.15) is 0 Å². The first kappa shape index (κ1) is 20.8. The van der Waals surface area contributed by atoms with E-state index in [1.165, 1.54) is 44.9 Å². The Hall–Kier alpha value is -2.08. The average Bonchev–Trinajstić information content (AvgIpc) is 3.25. The van der Waals surface area contributed by atoms with Gasteiger partial charge < -0.3 is 20.5 Å². The number of nitrogens with zero attached hydrogens (tertiary/aromatic N) is 1. The highest BCUT2D eigenvalue weighted by atomic mass is 16.5. The van der Waals surface area contributed by atoms with Gasteiger partial charge >= 0.3 is 5.97 Å². The van der Waals surface area contributed by atoms with Crippen molar-refractivity contribution in [1.29, 1.82) is 0 Å². The third-order valence-electron chi connectivity index (χ3n) is 7.98. The first-order chi connectivity index (χ1) is 15.1. The van der Waals surface area contributed by atoms with Crippen LogP contribution in [0, 0.1) is 23.2 Å². The van der Waals surface area contributed by atoms with Crippen molar-refractivity contribution in [3.63, 3.8) is 0 Å². The molecule has 0 aromatic heterocycles. The molecule has 1 heterocycles. The van der Waals surface area contributed by atoms with E-state index < -0.39 is 5.97 Å². The number of ether oxygens (including phenoxy) is 1. The van der Waals surface area contributed by atoms with Crippen molar-refractivity contribution in [3.8, 4) is 0 Å². The summed E-state index contributed by atoms with van der Waals surface area (Å²) in [6.45, 7) is 2.41. The van der Waals surface area contributed by atoms with Gasteiger partial charge in [0.1, 0.15) is 0 Å². The molecule has 0 radical (unpaired) electrons. The second-order valence-electron chi connectivity index (χ2n) is 10.4. The summed E-state index contributed by atoms with van der Waals surface area (Å²) in [4.78, 5) is 15.9. The number of aliphatic imine (C=N–C) groups is 1. The van der Waals surface area contributed by atoms with Crippen LogP contribution in [-0.2, 0) is 4.74 Å². The Morgan fingerprint density at radius 2 is 1.77 bits per heavy atom. The zero-order valence-corrected chi connectivity index (χ0v) is 18.3. The molecular formula is C25H35N3O3. The number of rotatable bonds is 7. The van der Waals surface area contributed by atoms with E-state index in [1.54, 1.807) is 24.3 Å². The summed E-state index contributed by atoms with van der Waals surface area (Å²) < 4.78 is 5.74. The topological polar surface area (TPSA) is 83.0 Å². The maximum absolute atomic E-state index is 11.1. The van der Waals surface area contributed by atoms with Crippen molar-refractivity contribution in [2.75, 3.05) is 25.0 Å². The van der Waals surface area contributed by atoms with Gasteiger partial charge in [0, 0.05) is 18.8 Å². The van der Waals surface area contributed by atoms with E-state index in [-0.39, 0.29) is 11.7 Å².